The molecular weight excluding hydrogens is 232 g/mol. The first kappa shape index (κ1) is 14.4. The lowest BCUT2D eigenvalue weighted by atomic mass is 10.2. The van der Waals surface area contributed by atoms with Crippen molar-refractivity contribution in [2.75, 3.05) is 18.9 Å². The van der Waals surface area contributed by atoms with Crippen molar-refractivity contribution in [2.24, 2.45) is 0 Å². The van der Waals surface area contributed by atoms with Gasteiger partial charge in [-0.15, -0.1) is 23.7 Å². The highest BCUT2D eigenvalue weighted by atomic mass is 35.5. The van der Waals surface area contributed by atoms with Crippen LogP contribution >= 0.6 is 23.7 Å². The number of hydrogen-bond donors (Lipinski definition) is 2. The van der Waals surface area contributed by atoms with Crippen LogP contribution in [0.4, 0.5) is 5.00 Å². The Morgan fingerprint density at radius 2 is 1.87 bits per heavy atom. The third-order valence-electron chi connectivity index (χ3n) is 2.28. The maximum atomic E-state index is 11.3. The normalized spacial score (nSPS) is 9.60. The predicted molar refractivity (Wildman–Crippen MR) is 68.3 cm³/mol. The molecule has 1 rings (SSSR count). The van der Waals surface area contributed by atoms with Crippen LogP contribution in [-0.2, 0) is 4.79 Å². The molecule has 0 aliphatic heterocycles. The van der Waals surface area contributed by atoms with E-state index in [4.69, 9.17) is 0 Å². The molecule has 0 saturated carbocycles. The van der Waals surface area contributed by atoms with E-state index < -0.39 is 0 Å². The van der Waals surface area contributed by atoms with Crippen LogP contribution in [0.3, 0.4) is 0 Å². The summed E-state index contributed by atoms with van der Waals surface area (Å²) in [5, 5.41) is 6.68. The molecular formula is C10H17ClN2OS. The highest BCUT2D eigenvalue weighted by molar-refractivity contribution is 7.16. The average molecular weight is 249 g/mol. The summed E-state index contributed by atoms with van der Waals surface area (Å²) in [5.74, 6) is 0.0110. The number of anilines is 1. The molecule has 0 aliphatic carbocycles. The SMILES string of the molecule is CNCC(=O)Nc1sc(C)c(C)c1C.Cl. The molecule has 15 heavy (non-hydrogen) atoms. The molecule has 86 valence electrons. The van der Waals surface area contributed by atoms with E-state index in [-0.39, 0.29) is 18.3 Å². The molecule has 5 heteroatoms. The van der Waals surface area contributed by atoms with Gasteiger partial charge in [-0.3, -0.25) is 4.79 Å². The van der Waals surface area contributed by atoms with Crippen molar-refractivity contribution in [1.82, 2.24) is 5.32 Å². The molecule has 0 aliphatic rings. The monoisotopic (exact) mass is 248 g/mol. The minimum atomic E-state index is 0. The fourth-order valence-electron chi connectivity index (χ4n) is 1.19. The van der Waals surface area contributed by atoms with Gasteiger partial charge < -0.3 is 10.6 Å². The van der Waals surface area contributed by atoms with Crippen LogP contribution < -0.4 is 10.6 Å². The number of halogens is 1. The van der Waals surface area contributed by atoms with Gasteiger partial charge in [0.1, 0.15) is 0 Å². The van der Waals surface area contributed by atoms with Gasteiger partial charge in [-0.25, -0.2) is 0 Å². The number of likely N-dealkylation sites (N-methyl/N-ethyl adjacent to an activating group) is 1. The minimum absolute atomic E-state index is 0. The molecule has 1 amide bonds. The van der Waals surface area contributed by atoms with Gasteiger partial charge in [0.05, 0.1) is 11.5 Å². The van der Waals surface area contributed by atoms with E-state index in [2.05, 4.69) is 24.5 Å². The van der Waals surface area contributed by atoms with Gasteiger partial charge in [-0.2, -0.15) is 0 Å². The number of carbonyl (C=O) groups excluding carboxylic acids is 1. The van der Waals surface area contributed by atoms with Crippen LogP contribution in [0, 0.1) is 20.8 Å². The van der Waals surface area contributed by atoms with E-state index in [9.17, 15) is 4.79 Å². The van der Waals surface area contributed by atoms with E-state index >= 15 is 0 Å². The van der Waals surface area contributed by atoms with Gasteiger partial charge >= 0.3 is 0 Å². The lowest BCUT2D eigenvalue weighted by Crippen LogP contribution is -2.24. The van der Waals surface area contributed by atoms with E-state index in [1.165, 1.54) is 16.0 Å². The Morgan fingerprint density at radius 3 is 2.27 bits per heavy atom. The van der Waals surface area contributed by atoms with Crippen LogP contribution in [-0.4, -0.2) is 19.5 Å². The second-order valence-corrected chi connectivity index (χ2v) is 4.54. The Labute approximate surface area is 101 Å². The topological polar surface area (TPSA) is 41.1 Å². The zero-order chi connectivity index (χ0) is 10.7. The predicted octanol–water partition coefficient (Wildman–Crippen LogP) is 2.25. The van der Waals surface area contributed by atoms with Gasteiger partial charge in [0.15, 0.2) is 0 Å². The quantitative estimate of drug-likeness (QED) is 0.862. The molecule has 0 unspecified atom stereocenters. The molecule has 0 atom stereocenters. The smallest absolute Gasteiger partial charge is 0.238 e. The fourth-order valence-corrected chi connectivity index (χ4v) is 2.27. The molecule has 0 radical (unpaired) electrons. The summed E-state index contributed by atoms with van der Waals surface area (Å²) in [5.41, 5.74) is 2.45. The molecule has 0 aromatic carbocycles. The van der Waals surface area contributed by atoms with Crippen LogP contribution in [0.25, 0.3) is 0 Å². The van der Waals surface area contributed by atoms with Crippen LogP contribution in [0.2, 0.25) is 0 Å². The zero-order valence-corrected chi connectivity index (χ0v) is 11.1. The van der Waals surface area contributed by atoms with Crippen molar-refractivity contribution in [2.45, 2.75) is 20.8 Å². The first-order valence-electron chi connectivity index (χ1n) is 4.57. The average Bonchev–Trinajstić information content (AvgIpc) is 2.34. The van der Waals surface area contributed by atoms with E-state index in [0.717, 1.165) is 5.00 Å². The maximum Gasteiger partial charge on any atom is 0.238 e. The Kier molecular flexibility index (Phi) is 5.87. The van der Waals surface area contributed by atoms with Crippen molar-refractivity contribution < 1.29 is 4.79 Å². The van der Waals surface area contributed by atoms with Crippen LogP contribution in [0.5, 0.6) is 0 Å². The summed E-state index contributed by atoms with van der Waals surface area (Å²) in [7, 11) is 1.76. The largest absolute Gasteiger partial charge is 0.316 e. The van der Waals surface area contributed by atoms with Crippen molar-refractivity contribution in [3.05, 3.63) is 16.0 Å². The number of nitrogens with one attached hydrogen (secondary N) is 2. The Hall–Kier alpha value is -0.580. The summed E-state index contributed by atoms with van der Waals surface area (Å²) in [6.45, 7) is 6.54. The first-order chi connectivity index (χ1) is 6.56. The summed E-state index contributed by atoms with van der Waals surface area (Å²) >= 11 is 1.64. The van der Waals surface area contributed by atoms with Crippen molar-refractivity contribution in [1.29, 1.82) is 0 Å². The standard InChI is InChI=1S/C10H16N2OS.ClH/c1-6-7(2)10(14-8(6)3)12-9(13)5-11-4;/h11H,5H2,1-4H3,(H,12,13);1H. The van der Waals surface area contributed by atoms with Gasteiger partial charge in [0.25, 0.3) is 0 Å². The molecule has 0 saturated heterocycles. The van der Waals surface area contributed by atoms with Crippen molar-refractivity contribution >= 4 is 34.7 Å². The number of aryl methyl sites for hydroxylation is 1. The van der Waals surface area contributed by atoms with Crippen molar-refractivity contribution in [3.63, 3.8) is 0 Å². The molecule has 0 fully saturated rings. The fraction of sp³-hybridized carbons (Fsp3) is 0.500. The first-order valence-corrected chi connectivity index (χ1v) is 5.39. The lowest BCUT2D eigenvalue weighted by molar-refractivity contribution is -0.115. The molecule has 1 aromatic heterocycles. The van der Waals surface area contributed by atoms with E-state index in [1.807, 2.05) is 6.92 Å². The number of amides is 1. The molecule has 1 aromatic rings. The minimum Gasteiger partial charge on any atom is -0.316 e. The summed E-state index contributed by atoms with van der Waals surface area (Å²) in [6, 6.07) is 0. The number of hydrogen-bond acceptors (Lipinski definition) is 3. The van der Waals surface area contributed by atoms with Gasteiger partial charge in [-0.05, 0) is 38.9 Å². The van der Waals surface area contributed by atoms with Crippen LogP contribution in [0.1, 0.15) is 16.0 Å². The van der Waals surface area contributed by atoms with E-state index in [1.54, 1.807) is 18.4 Å². The third-order valence-corrected chi connectivity index (χ3v) is 3.50. The zero-order valence-electron chi connectivity index (χ0n) is 9.43. The Morgan fingerprint density at radius 1 is 1.27 bits per heavy atom. The van der Waals surface area contributed by atoms with Crippen molar-refractivity contribution in [3.8, 4) is 0 Å². The van der Waals surface area contributed by atoms with Gasteiger partial charge in [0, 0.05) is 4.88 Å². The maximum absolute atomic E-state index is 11.3. The number of rotatable bonds is 3. The summed E-state index contributed by atoms with van der Waals surface area (Å²) in [6.07, 6.45) is 0. The number of thiophene rings is 1. The highest BCUT2D eigenvalue weighted by Gasteiger charge is 2.10. The second-order valence-electron chi connectivity index (χ2n) is 3.32. The summed E-state index contributed by atoms with van der Waals surface area (Å²) < 4.78 is 0. The Balaban J connectivity index is 0.00000196. The highest BCUT2D eigenvalue weighted by Crippen LogP contribution is 2.31. The van der Waals surface area contributed by atoms with E-state index in [0.29, 0.717) is 6.54 Å². The van der Waals surface area contributed by atoms with Crippen LogP contribution in [0.15, 0.2) is 0 Å². The summed E-state index contributed by atoms with van der Waals surface area (Å²) in [4.78, 5) is 12.6. The molecule has 1 heterocycles. The second kappa shape index (κ2) is 6.10. The lowest BCUT2D eigenvalue weighted by Gasteiger charge is -2.02. The number of carbonyl (C=O) groups is 1. The van der Waals surface area contributed by atoms with Gasteiger partial charge in [-0.1, -0.05) is 0 Å². The third kappa shape index (κ3) is 3.48. The molecule has 0 bridgehead atoms. The molecule has 0 spiro atoms. The Bertz CT molecular complexity index is 349. The molecule has 2 N–H and O–H groups in total. The van der Waals surface area contributed by atoms with Gasteiger partial charge in [0.2, 0.25) is 5.91 Å². The molecule has 3 nitrogen and oxygen atoms in total.